The Morgan fingerprint density at radius 1 is 1.54 bits per heavy atom. The SMILES string of the molecule is C[C@@H](C(=O)NCCC1=CCCCC1)N1CCO[C@@H](c2nccs2)C1. The van der Waals surface area contributed by atoms with Crippen molar-refractivity contribution in [2.24, 2.45) is 0 Å². The molecule has 0 spiro atoms. The molecule has 5 nitrogen and oxygen atoms in total. The molecule has 1 aromatic heterocycles. The van der Waals surface area contributed by atoms with E-state index >= 15 is 0 Å². The number of nitrogens with zero attached hydrogens (tertiary/aromatic N) is 2. The zero-order valence-electron chi connectivity index (χ0n) is 14.4. The second-order valence-corrected chi connectivity index (χ2v) is 7.48. The maximum Gasteiger partial charge on any atom is 0.237 e. The van der Waals surface area contributed by atoms with Gasteiger partial charge in [0, 0.05) is 31.2 Å². The Morgan fingerprint density at radius 3 is 3.21 bits per heavy atom. The summed E-state index contributed by atoms with van der Waals surface area (Å²) in [5, 5.41) is 6.06. The molecule has 2 atom stereocenters. The van der Waals surface area contributed by atoms with E-state index in [1.165, 1.54) is 31.3 Å². The highest BCUT2D eigenvalue weighted by Crippen LogP contribution is 2.25. The van der Waals surface area contributed by atoms with Crippen molar-refractivity contribution in [1.29, 1.82) is 0 Å². The van der Waals surface area contributed by atoms with Gasteiger partial charge in [0.05, 0.1) is 12.6 Å². The van der Waals surface area contributed by atoms with Crippen LogP contribution in [0.2, 0.25) is 0 Å². The Balaban J connectivity index is 1.45. The minimum absolute atomic E-state index is 0.0126. The van der Waals surface area contributed by atoms with E-state index in [-0.39, 0.29) is 18.1 Å². The van der Waals surface area contributed by atoms with Gasteiger partial charge >= 0.3 is 0 Å². The second kappa shape index (κ2) is 8.74. The molecule has 1 saturated heterocycles. The summed E-state index contributed by atoms with van der Waals surface area (Å²) < 4.78 is 5.81. The van der Waals surface area contributed by atoms with Crippen LogP contribution in [-0.2, 0) is 9.53 Å². The summed E-state index contributed by atoms with van der Waals surface area (Å²) in [6, 6.07) is -0.128. The quantitative estimate of drug-likeness (QED) is 0.803. The fourth-order valence-electron chi connectivity index (χ4n) is 3.36. The van der Waals surface area contributed by atoms with E-state index in [0.29, 0.717) is 6.61 Å². The second-order valence-electron chi connectivity index (χ2n) is 6.55. The molecule has 132 valence electrons. The van der Waals surface area contributed by atoms with Crippen molar-refractivity contribution >= 4 is 17.2 Å². The molecular formula is C18H27N3O2S. The molecular weight excluding hydrogens is 322 g/mol. The molecule has 2 heterocycles. The first-order valence-corrected chi connectivity index (χ1v) is 9.82. The van der Waals surface area contributed by atoms with E-state index in [2.05, 4.69) is 21.3 Å². The van der Waals surface area contributed by atoms with Gasteiger partial charge in [-0.2, -0.15) is 0 Å². The molecule has 1 fully saturated rings. The van der Waals surface area contributed by atoms with Crippen LogP contribution in [0.25, 0.3) is 0 Å². The summed E-state index contributed by atoms with van der Waals surface area (Å²) in [4.78, 5) is 19.0. The van der Waals surface area contributed by atoms with Crippen LogP contribution in [0.1, 0.15) is 50.1 Å². The summed E-state index contributed by atoms with van der Waals surface area (Å²) in [6.07, 6.45) is 10.1. The van der Waals surface area contributed by atoms with Gasteiger partial charge < -0.3 is 10.1 Å². The molecule has 1 N–H and O–H groups in total. The highest BCUT2D eigenvalue weighted by molar-refractivity contribution is 7.09. The molecule has 0 aromatic carbocycles. The van der Waals surface area contributed by atoms with Gasteiger partial charge in [0.25, 0.3) is 0 Å². The fourth-order valence-corrected chi connectivity index (χ4v) is 4.03. The van der Waals surface area contributed by atoms with Crippen molar-refractivity contribution in [1.82, 2.24) is 15.2 Å². The first-order valence-electron chi connectivity index (χ1n) is 8.94. The molecule has 24 heavy (non-hydrogen) atoms. The lowest BCUT2D eigenvalue weighted by Crippen LogP contribution is -2.50. The Hall–Kier alpha value is -1.24. The van der Waals surface area contributed by atoms with Gasteiger partial charge in [-0.3, -0.25) is 9.69 Å². The van der Waals surface area contributed by atoms with Crippen LogP contribution in [0.3, 0.4) is 0 Å². The molecule has 0 bridgehead atoms. The summed E-state index contributed by atoms with van der Waals surface area (Å²) in [7, 11) is 0. The van der Waals surface area contributed by atoms with E-state index in [0.717, 1.165) is 31.1 Å². The molecule has 1 amide bonds. The molecule has 1 aromatic rings. The summed E-state index contributed by atoms with van der Waals surface area (Å²) >= 11 is 1.61. The van der Waals surface area contributed by atoms with Crippen molar-refractivity contribution < 1.29 is 9.53 Å². The van der Waals surface area contributed by atoms with E-state index in [9.17, 15) is 4.79 Å². The van der Waals surface area contributed by atoms with Gasteiger partial charge in [0.2, 0.25) is 5.91 Å². The molecule has 1 aliphatic heterocycles. The molecule has 0 saturated carbocycles. The number of hydrogen-bond acceptors (Lipinski definition) is 5. The van der Waals surface area contributed by atoms with Gasteiger partial charge in [-0.1, -0.05) is 11.6 Å². The molecule has 2 aliphatic rings. The van der Waals surface area contributed by atoms with E-state index in [1.54, 1.807) is 17.5 Å². The first kappa shape index (κ1) is 17.6. The third-order valence-electron chi connectivity index (χ3n) is 4.88. The van der Waals surface area contributed by atoms with Crippen LogP contribution in [0.4, 0.5) is 0 Å². The molecule has 6 heteroatoms. The monoisotopic (exact) mass is 349 g/mol. The summed E-state index contributed by atoms with van der Waals surface area (Å²) in [5.41, 5.74) is 1.50. The third kappa shape index (κ3) is 4.65. The zero-order valence-corrected chi connectivity index (χ0v) is 15.2. The van der Waals surface area contributed by atoms with Crippen LogP contribution >= 0.6 is 11.3 Å². The van der Waals surface area contributed by atoms with Gasteiger partial charge in [0.1, 0.15) is 11.1 Å². The maximum atomic E-state index is 12.5. The number of rotatable bonds is 6. The van der Waals surface area contributed by atoms with Crippen molar-refractivity contribution in [2.75, 3.05) is 26.2 Å². The molecule has 0 radical (unpaired) electrons. The van der Waals surface area contributed by atoms with E-state index in [1.807, 2.05) is 12.3 Å². The number of aromatic nitrogens is 1. The van der Waals surface area contributed by atoms with E-state index in [4.69, 9.17) is 4.74 Å². The number of amides is 1. The highest BCUT2D eigenvalue weighted by atomic mass is 32.1. The van der Waals surface area contributed by atoms with E-state index < -0.39 is 0 Å². The molecule has 1 aliphatic carbocycles. The fraction of sp³-hybridized carbons (Fsp3) is 0.667. The number of hydrogen-bond donors (Lipinski definition) is 1. The predicted octanol–water partition coefficient (Wildman–Crippen LogP) is 2.91. The Bertz CT molecular complexity index is 559. The lowest BCUT2D eigenvalue weighted by molar-refractivity contribution is -0.129. The number of morpholine rings is 1. The van der Waals surface area contributed by atoms with Crippen LogP contribution in [0.15, 0.2) is 23.2 Å². The number of carbonyl (C=O) groups excluding carboxylic acids is 1. The lowest BCUT2D eigenvalue weighted by Gasteiger charge is -2.35. The smallest absolute Gasteiger partial charge is 0.237 e. The maximum absolute atomic E-state index is 12.5. The van der Waals surface area contributed by atoms with Crippen LogP contribution in [0.5, 0.6) is 0 Å². The number of carbonyl (C=O) groups is 1. The largest absolute Gasteiger partial charge is 0.368 e. The van der Waals surface area contributed by atoms with Gasteiger partial charge in [-0.25, -0.2) is 4.98 Å². The topological polar surface area (TPSA) is 54.5 Å². The number of ether oxygens (including phenoxy) is 1. The Labute approximate surface area is 148 Å². The summed E-state index contributed by atoms with van der Waals surface area (Å²) in [6.45, 7) is 4.90. The average molecular weight is 350 g/mol. The van der Waals surface area contributed by atoms with Crippen molar-refractivity contribution in [3.8, 4) is 0 Å². The minimum Gasteiger partial charge on any atom is -0.368 e. The average Bonchev–Trinajstić information content (AvgIpc) is 3.17. The summed E-state index contributed by atoms with van der Waals surface area (Å²) in [5.74, 6) is 0.117. The van der Waals surface area contributed by atoms with Crippen LogP contribution in [0, 0.1) is 0 Å². The standard InChI is InChI=1S/C18H27N3O2S/c1-14(17(22)19-8-7-15-5-3-2-4-6-15)21-10-11-23-16(13-21)18-20-9-12-24-18/h5,9,12,14,16H,2-4,6-8,10-11,13H2,1H3,(H,19,22)/t14-,16+/m0/s1. The number of nitrogens with one attached hydrogen (secondary N) is 1. The minimum atomic E-state index is -0.128. The molecule has 0 unspecified atom stereocenters. The Kier molecular flexibility index (Phi) is 6.40. The highest BCUT2D eigenvalue weighted by Gasteiger charge is 2.29. The zero-order chi connectivity index (χ0) is 16.8. The van der Waals surface area contributed by atoms with Crippen molar-refractivity contribution in [3.05, 3.63) is 28.2 Å². The normalized spacial score (nSPS) is 23.5. The number of allylic oxidation sites excluding steroid dienone is 1. The van der Waals surface area contributed by atoms with Crippen LogP contribution < -0.4 is 5.32 Å². The number of thiazole rings is 1. The third-order valence-corrected chi connectivity index (χ3v) is 5.75. The molecule has 3 rings (SSSR count). The Morgan fingerprint density at radius 2 is 2.46 bits per heavy atom. The lowest BCUT2D eigenvalue weighted by atomic mass is 9.97. The van der Waals surface area contributed by atoms with Gasteiger partial charge in [-0.05, 0) is 39.0 Å². The van der Waals surface area contributed by atoms with Crippen molar-refractivity contribution in [2.45, 2.75) is 51.2 Å². The van der Waals surface area contributed by atoms with Crippen molar-refractivity contribution in [3.63, 3.8) is 0 Å². The van der Waals surface area contributed by atoms with Crippen LogP contribution in [-0.4, -0.2) is 48.1 Å². The predicted molar refractivity (Wildman–Crippen MR) is 96.0 cm³/mol. The van der Waals surface area contributed by atoms with Gasteiger partial charge in [-0.15, -0.1) is 11.3 Å². The van der Waals surface area contributed by atoms with Gasteiger partial charge in [0.15, 0.2) is 0 Å². The first-order chi connectivity index (χ1) is 11.7.